The Labute approximate surface area is 215 Å². The van der Waals surface area contributed by atoms with Crippen molar-refractivity contribution in [1.82, 2.24) is 10.2 Å². The van der Waals surface area contributed by atoms with Gasteiger partial charge in [0.1, 0.15) is 17.7 Å². The molecule has 2 rings (SSSR count). The van der Waals surface area contributed by atoms with Gasteiger partial charge in [-0.2, -0.15) is 0 Å². The normalized spacial score (nSPS) is 13.1. The molecule has 2 aromatic carbocycles. The van der Waals surface area contributed by atoms with E-state index in [1.807, 2.05) is 77.9 Å². The summed E-state index contributed by atoms with van der Waals surface area (Å²) >= 11 is 0. The summed E-state index contributed by atoms with van der Waals surface area (Å²) in [6.45, 7) is 18.4. The van der Waals surface area contributed by atoms with Gasteiger partial charge in [0.2, 0.25) is 5.91 Å². The second kappa shape index (κ2) is 11.6. The number of hydrogen-bond acceptors (Lipinski definition) is 4. The number of anilines is 1. The molecule has 0 aromatic heterocycles. The van der Waals surface area contributed by atoms with Gasteiger partial charge in [-0.05, 0) is 97.1 Å². The second-order valence-electron chi connectivity index (χ2n) is 10.7. The molecule has 0 saturated heterocycles. The summed E-state index contributed by atoms with van der Waals surface area (Å²) in [6.07, 6.45) is -0.685. The van der Waals surface area contributed by atoms with E-state index in [1.54, 1.807) is 32.6 Å². The van der Waals surface area contributed by atoms with E-state index in [-0.39, 0.29) is 17.9 Å². The van der Waals surface area contributed by atoms with Crippen LogP contribution in [0.2, 0.25) is 0 Å². The Bertz CT molecular complexity index is 1080. The predicted molar refractivity (Wildman–Crippen MR) is 144 cm³/mol. The molecule has 0 aliphatic rings. The van der Waals surface area contributed by atoms with Crippen LogP contribution >= 0.6 is 0 Å². The Morgan fingerprint density at radius 3 is 1.75 bits per heavy atom. The van der Waals surface area contributed by atoms with Gasteiger partial charge in [-0.25, -0.2) is 4.79 Å². The number of para-hydroxylation sites is 1. The van der Waals surface area contributed by atoms with Crippen LogP contribution in [0.1, 0.15) is 75.4 Å². The third-order valence-electron chi connectivity index (χ3n) is 5.99. The van der Waals surface area contributed by atoms with Crippen LogP contribution in [-0.4, -0.2) is 40.5 Å². The average molecular weight is 496 g/mol. The number of benzene rings is 2. The van der Waals surface area contributed by atoms with Gasteiger partial charge in [-0.15, -0.1) is 0 Å². The van der Waals surface area contributed by atoms with Crippen LogP contribution in [0.15, 0.2) is 36.4 Å². The number of carbonyl (C=O) groups excluding carboxylic acids is 3. The lowest BCUT2D eigenvalue weighted by Gasteiger charge is -2.37. The van der Waals surface area contributed by atoms with Crippen LogP contribution in [0.4, 0.5) is 10.5 Å². The lowest BCUT2D eigenvalue weighted by Crippen LogP contribution is -2.53. The number of ether oxygens (including phenoxy) is 1. The van der Waals surface area contributed by atoms with Crippen molar-refractivity contribution >= 4 is 23.6 Å². The number of nitrogens with one attached hydrogen (secondary N) is 2. The Kier molecular flexibility index (Phi) is 9.30. The van der Waals surface area contributed by atoms with E-state index >= 15 is 0 Å². The molecule has 36 heavy (non-hydrogen) atoms. The minimum absolute atomic E-state index is 0.309. The van der Waals surface area contributed by atoms with Crippen LogP contribution in [-0.2, 0) is 14.3 Å². The zero-order valence-corrected chi connectivity index (χ0v) is 23.3. The van der Waals surface area contributed by atoms with Crippen LogP contribution in [0.5, 0.6) is 0 Å². The number of rotatable bonds is 7. The molecule has 0 spiro atoms. The van der Waals surface area contributed by atoms with E-state index < -0.39 is 23.8 Å². The third-order valence-corrected chi connectivity index (χ3v) is 5.99. The zero-order chi connectivity index (χ0) is 27.4. The van der Waals surface area contributed by atoms with Gasteiger partial charge in [-0.1, -0.05) is 36.4 Å². The van der Waals surface area contributed by atoms with Crippen LogP contribution in [0, 0.1) is 27.7 Å². The SMILES string of the molecule is Cc1cccc(C)c1NC(=O)C(c1c(C)cccc1C)N(C(=O)C(C)NC(=O)OC(C)(C)C)C(C)C. The van der Waals surface area contributed by atoms with Crippen molar-refractivity contribution in [2.24, 2.45) is 0 Å². The highest BCUT2D eigenvalue weighted by Gasteiger charge is 2.38. The molecule has 0 radical (unpaired) electrons. The molecule has 2 atom stereocenters. The molecule has 7 nitrogen and oxygen atoms in total. The molecule has 0 saturated carbocycles. The number of alkyl carbamates (subject to hydrolysis) is 1. The first-order chi connectivity index (χ1) is 16.6. The summed E-state index contributed by atoms with van der Waals surface area (Å²) in [6, 6.07) is 9.50. The van der Waals surface area contributed by atoms with Crippen molar-refractivity contribution < 1.29 is 19.1 Å². The van der Waals surface area contributed by atoms with Crippen molar-refractivity contribution in [3.05, 3.63) is 64.2 Å². The number of amides is 3. The van der Waals surface area contributed by atoms with E-state index in [4.69, 9.17) is 4.74 Å². The molecule has 0 bridgehead atoms. The highest BCUT2D eigenvalue weighted by Crippen LogP contribution is 2.32. The maximum Gasteiger partial charge on any atom is 0.408 e. The minimum atomic E-state index is -0.902. The molecule has 2 unspecified atom stereocenters. The van der Waals surface area contributed by atoms with Crippen molar-refractivity contribution in [2.75, 3.05) is 5.32 Å². The largest absolute Gasteiger partial charge is 0.444 e. The second-order valence-corrected chi connectivity index (χ2v) is 10.7. The first-order valence-electron chi connectivity index (χ1n) is 12.4. The topological polar surface area (TPSA) is 87.7 Å². The number of nitrogens with zero attached hydrogens (tertiary/aromatic N) is 1. The van der Waals surface area contributed by atoms with Gasteiger partial charge < -0.3 is 20.3 Å². The fraction of sp³-hybridized carbons (Fsp3) is 0.483. The Balaban J connectivity index is 2.54. The van der Waals surface area contributed by atoms with Crippen LogP contribution < -0.4 is 10.6 Å². The van der Waals surface area contributed by atoms with Crippen molar-refractivity contribution in [3.63, 3.8) is 0 Å². The van der Waals surface area contributed by atoms with Crippen LogP contribution in [0.3, 0.4) is 0 Å². The Morgan fingerprint density at radius 2 is 1.31 bits per heavy atom. The van der Waals surface area contributed by atoms with E-state index in [1.165, 1.54) is 0 Å². The molecule has 196 valence electrons. The molecular formula is C29H41N3O4. The van der Waals surface area contributed by atoms with Crippen molar-refractivity contribution in [3.8, 4) is 0 Å². The zero-order valence-electron chi connectivity index (χ0n) is 23.3. The highest BCUT2D eigenvalue weighted by molar-refractivity contribution is 6.00. The maximum absolute atomic E-state index is 14.0. The van der Waals surface area contributed by atoms with Gasteiger partial charge in [0.15, 0.2) is 0 Å². The molecule has 0 aliphatic carbocycles. The number of hydrogen-bond donors (Lipinski definition) is 2. The van der Waals surface area contributed by atoms with Gasteiger partial charge >= 0.3 is 6.09 Å². The summed E-state index contributed by atoms with van der Waals surface area (Å²) in [7, 11) is 0. The maximum atomic E-state index is 14.0. The quantitative estimate of drug-likeness (QED) is 0.512. The number of carbonyl (C=O) groups is 3. The van der Waals surface area contributed by atoms with E-state index in [9.17, 15) is 14.4 Å². The molecule has 2 N–H and O–H groups in total. The molecular weight excluding hydrogens is 454 g/mol. The summed E-state index contributed by atoms with van der Waals surface area (Å²) in [5.74, 6) is -0.684. The standard InChI is InChI=1S/C29H41N3O4/c1-17(2)32(27(34)22(7)30-28(35)36-29(8,9)10)25(23-18(3)13-11-14-19(23)4)26(33)31-24-20(5)15-12-16-21(24)6/h11-17,22,25H,1-10H3,(H,30,35)(H,31,33). The summed E-state index contributed by atoms with van der Waals surface area (Å²) in [4.78, 5) is 41.7. The predicted octanol–water partition coefficient (Wildman–Crippen LogP) is 5.75. The van der Waals surface area contributed by atoms with Gasteiger partial charge in [0, 0.05) is 11.7 Å². The fourth-order valence-electron chi connectivity index (χ4n) is 4.31. The lowest BCUT2D eigenvalue weighted by molar-refractivity contribution is -0.142. The van der Waals surface area contributed by atoms with E-state index in [2.05, 4.69) is 10.6 Å². The highest BCUT2D eigenvalue weighted by atomic mass is 16.6. The Hall–Kier alpha value is -3.35. The minimum Gasteiger partial charge on any atom is -0.444 e. The van der Waals surface area contributed by atoms with E-state index in [0.29, 0.717) is 0 Å². The summed E-state index contributed by atoms with van der Waals surface area (Å²) in [5, 5.41) is 5.72. The van der Waals surface area contributed by atoms with Gasteiger partial charge in [0.25, 0.3) is 5.91 Å². The molecule has 0 fully saturated rings. The van der Waals surface area contributed by atoms with Crippen molar-refractivity contribution in [1.29, 1.82) is 0 Å². The van der Waals surface area contributed by atoms with Crippen molar-refractivity contribution in [2.45, 2.75) is 93.0 Å². The molecule has 3 amide bonds. The molecule has 7 heteroatoms. The van der Waals surface area contributed by atoms with Crippen LogP contribution in [0.25, 0.3) is 0 Å². The smallest absolute Gasteiger partial charge is 0.408 e. The first-order valence-corrected chi connectivity index (χ1v) is 12.4. The third kappa shape index (κ3) is 7.09. The monoisotopic (exact) mass is 495 g/mol. The molecule has 2 aromatic rings. The van der Waals surface area contributed by atoms with Gasteiger partial charge in [-0.3, -0.25) is 9.59 Å². The lowest BCUT2D eigenvalue weighted by atomic mass is 9.92. The Morgan fingerprint density at radius 1 is 0.833 bits per heavy atom. The summed E-state index contributed by atoms with van der Waals surface area (Å²) < 4.78 is 5.33. The molecule has 0 aliphatic heterocycles. The summed E-state index contributed by atoms with van der Waals surface area (Å²) in [5.41, 5.74) is 4.49. The molecule has 0 heterocycles. The average Bonchev–Trinajstić information content (AvgIpc) is 2.73. The number of aryl methyl sites for hydroxylation is 4. The van der Waals surface area contributed by atoms with Gasteiger partial charge in [0.05, 0.1) is 0 Å². The van der Waals surface area contributed by atoms with E-state index in [0.717, 1.165) is 33.5 Å². The first kappa shape index (κ1) is 28.9. The fourth-order valence-corrected chi connectivity index (χ4v) is 4.31.